The fraction of sp³-hybridized carbons (Fsp3) is 0.722. The zero-order chi connectivity index (χ0) is 17.5. The lowest BCUT2D eigenvalue weighted by Crippen LogP contribution is -2.48. The molecule has 1 aliphatic heterocycles. The van der Waals surface area contributed by atoms with Crippen molar-refractivity contribution in [2.45, 2.75) is 33.1 Å². The topological polar surface area (TPSA) is 92.5 Å². The van der Waals surface area contributed by atoms with Crippen LogP contribution in [0.5, 0.6) is 0 Å². The Morgan fingerprint density at radius 2 is 1.72 bits per heavy atom. The van der Waals surface area contributed by atoms with Gasteiger partial charge in [0.15, 0.2) is 0 Å². The summed E-state index contributed by atoms with van der Waals surface area (Å²) in [6.07, 6.45) is 6.45. The molecule has 0 aromatic carbocycles. The van der Waals surface area contributed by atoms with Crippen molar-refractivity contribution in [3.8, 4) is 0 Å². The van der Waals surface area contributed by atoms with Crippen LogP contribution in [0.15, 0.2) is 12.2 Å². The van der Waals surface area contributed by atoms with Crippen LogP contribution in [0.4, 0.5) is 0 Å². The molecular formula is C18H28ClN3O3. The Kier molecular flexibility index (Phi) is 5.94. The Morgan fingerprint density at radius 1 is 1.20 bits per heavy atom. The zero-order valence-electron chi connectivity index (χ0n) is 14.9. The molecular weight excluding hydrogens is 342 g/mol. The Labute approximate surface area is 155 Å². The highest BCUT2D eigenvalue weighted by molar-refractivity contribution is 6.06. The molecule has 3 aliphatic rings. The molecule has 7 heteroatoms. The van der Waals surface area contributed by atoms with E-state index >= 15 is 0 Å². The fourth-order valence-corrected chi connectivity index (χ4v) is 4.61. The predicted molar refractivity (Wildman–Crippen MR) is 96.8 cm³/mol. The largest absolute Gasteiger partial charge is 0.354 e. The van der Waals surface area contributed by atoms with Gasteiger partial charge in [-0.1, -0.05) is 26.0 Å². The Morgan fingerprint density at radius 3 is 2.16 bits per heavy atom. The number of nitrogens with two attached hydrogens (primary N) is 1. The first-order valence-electron chi connectivity index (χ1n) is 9.01. The van der Waals surface area contributed by atoms with Crippen LogP contribution in [-0.4, -0.2) is 42.3 Å². The summed E-state index contributed by atoms with van der Waals surface area (Å²) >= 11 is 0. The number of rotatable bonds is 7. The average Bonchev–Trinajstić information content (AvgIpc) is 3.26. The molecule has 2 fully saturated rings. The van der Waals surface area contributed by atoms with Crippen molar-refractivity contribution in [2.75, 3.05) is 19.6 Å². The quantitative estimate of drug-likeness (QED) is 0.519. The van der Waals surface area contributed by atoms with E-state index in [1.54, 1.807) is 0 Å². The van der Waals surface area contributed by atoms with Crippen LogP contribution >= 0.6 is 12.4 Å². The molecule has 2 bridgehead atoms. The van der Waals surface area contributed by atoms with Gasteiger partial charge in [0, 0.05) is 19.6 Å². The second-order valence-electron chi connectivity index (χ2n) is 7.28. The number of fused-ring (bicyclic) bond motifs is 5. The molecule has 6 nitrogen and oxygen atoms in total. The summed E-state index contributed by atoms with van der Waals surface area (Å²) in [5, 5.41) is 2.87. The van der Waals surface area contributed by atoms with E-state index in [0.29, 0.717) is 25.9 Å². The maximum absolute atomic E-state index is 12.6. The molecule has 140 valence electrons. The van der Waals surface area contributed by atoms with Crippen LogP contribution in [-0.2, 0) is 14.4 Å². The van der Waals surface area contributed by atoms with Gasteiger partial charge >= 0.3 is 0 Å². The van der Waals surface area contributed by atoms with E-state index in [9.17, 15) is 14.4 Å². The number of halogens is 1. The Balaban J connectivity index is 0.00000225. The third-order valence-electron chi connectivity index (χ3n) is 6.41. The second-order valence-corrected chi connectivity index (χ2v) is 7.28. The molecule has 3 rings (SSSR count). The van der Waals surface area contributed by atoms with E-state index in [0.717, 1.165) is 6.42 Å². The molecule has 4 atom stereocenters. The first-order chi connectivity index (χ1) is 11.5. The highest BCUT2D eigenvalue weighted by Crippen LogP contribution is 2.52. The first kappa shape index (κ1) is 19.9. The third-order valence-corrected chi connectivity index (χ3v) is 6.41. The highest BCUT2D eigenvalue weighted by atomic mass is 35.5. The van der Waals surface area contributed by atoms with Gasteiger partial charge in [-0.25, -0.2) is 0 Å². The zero-order valence-corrected chi connectivity index (χ0v) is 15.7. The number of nitrogens with zero attached hydrogens (tertiary/aromatic N) is 1. The molecule has 1 saturated heterocycles. The number of amides is 3. The van der Waals surface area contributed by atoms with E-state index in [2.05, 4.69) is 17.5 Å². The number of imide groups is 1. The van der Waals surface area contributed by atoms with Gasteiger partial charge < -0.3 is 11.1 Å². The van der Waals surface area contributed by atoms with Crippen LogP contribution in [0.3, 0.4) is 0 Å². The highest BCUT2D eigenvalue weighted by Gasteiger charge is 2.58. The standard InChI is InChI=1S/C18H27N3O3.ClH/c1-3-18(4-2,10-19)17(24)20-7-8-21-15(22)13-11-5-6-12(9-11)14(13)16(21)23;/h5-6,11-14H,3-4,7-10,19H2,1-2H3,(H,20,24);1H. The van der Waals surface area contributed by atoms with Crippen molar-refractivity contribution in [2.24, 2.45) is 34.8 Å². The van der Waals surface area contributed by atoms with Crippen molar-refractivity contribution >= 4 is 30.1 Å². The summed E-state index contributed by atoms with van der Waals surface area (Å²) in [4.78, 5) is 38.9. The molecule has 0 spiro atoms. The SMILES string of the molecule is CCC(CC)(CN)C(=O)NCCN1C(=O)C2C3C=CC(C3)C2C1=O.Cl. The lowest BCUT2D eigenvalue weighted by atomic mass is 9.81. The van der Waals surface area contributed by atoms with Crippen molar-refractivity contribution in [1.82, 2.24) is 10.2 Å². The van der Waals surface area contributed by atoms with Gasteiger partial charge in [-0.05, 0) is 31.1 Å². The van der Waals surface area contributed by atoms with E-state index in [1.165, 1.54) is 4.90 Å². The van der Waals surface area contributed by atoms with Gasteiger partial charge in [0.25, 0.3) is 0 Å². The average molecular weight is 370 g/mol. The van der Waals surface area contributed by atoms with E-state index in [-0.39, 0.29) is 60.3 Å². The minimum Gasteiger partial charge on any atom is -0.354 e. The summed E-state index contributed by atoms with van der Waals surface area (Å²) in [6, 6.07) is 0. The first-order valence-corrected chi connectivity index (χ1v) is 9.01. The maximum atomic E-state index is 12.6. The lowest BCUT2D eigenvalue weighted by molar-refractivity contribution is -0.141. The summed E-state index contributed by atoms with van der Waals surface area (Å²) in [5.74, 6) is -0.104. The van der Waals surface area contributed by atoms with Crippen molar-refractivity contribution in [3.63, 3.8) is 0 Å². The van der Waals surface area contributed by atoms with Gasteiger partial charge in [0.05, 0.1) is 17.3 Å². The monoisotopic (exact) mass is 369 g/mol. The van der Waals surface area contributed by atoms with Crippen LogP contribution in [0, 0.1) is 29.1 Å². The summed E-state index contributed by atoms with van der Waals surface area (Å²) < 4.78 is 0. The Hall–Kier alpha value is -1.40. The molecule has 0 radical (unpaired) electrons. The molecule has 4 unspecified atom stereocenters. The van der Waals surface area contributed by atoms with Crippen LogP contribution < -0.4 is 11.1 Å². The van der Waals surface area contributed by atoms with E-state index in [1.807, 2.05) is 13.8 Å². The maximum Gasteiger partial charge on any atom is 0.233 e. The second kappa shape index (κ2) is 7.46. The summed E-state index contributed by atoms with van der Waals surface area (Å²) in [5.41, 5.74) is 5.22. The van der Waals surface area contributed by atoms with Gasteiger partial charge in [-0.2, -0.15) is 0 Å². The van der Waals surface area contributed by atoms with Gasteiger partial charge in [0.2, 0.25) is 17.7 Å². The number of nitrogens with one attached hydrogen (secondary N) is 1. The van der Waals surface area contributed by atoms with Crippen molar-refractivity contribution < 1.29 is 14.4 Å². The summed E-state index contributed by atoms with van der Waals surface area (Å²) in [7, 11) is 0. The number of allylic oxidation sites excluding steroid dienone is 2. The molecule has 1 heterocycles. The van der Waals surface area contributed by atoms with Crippen molar-refractivity contribution in [1.29, 1.82) is 0 Å². The lowest BCUT2D eigenvalue weighted by Gasteiger charge is -2.29. The molecule has 3 N–H and O–H groups in total. The third kappa shape index (κ3) is 2.99. The molecule has 3 amide bonds. The van der Waals surface area contributed by atoms with Crippen LogP contribution in [0.1, 0.15) is 33.1 Å². The fourth-order valence-electron chi connectivity index (χ4n) is 4.61. The number of carbonyl (C=O) groups excluding carboxylic acids is 3. The Bertz CT molecular complexity index is 550. The van der Waals surface area contributed by atoms with E-state index in [4.69, 9.17) is 5.73 Å². The minimum absolute atomic E-state index is 0. The molecule has 2 aliphatic carbocycles. The van der Waals surface area contributed by atoms with Gasteiger partial charge in [-0.3, -0.25) is 19.3 Å². The van der Waals surface area contributed by atoms with Gasteiger partial charge in [0.1, 0.15) is 0 Å². The molecule has 0 aromatic rings. The minimum atomic E-state index is -0.557. The smallest absolute Gasteiger partial charge is 0.233 e. The summed E-state index contributed by atoms with van der Waals surface area (Å²) in [6.45, 7) is 4.75. The molecule has 0 aromatic heterocycles. The number of carbonyl (C=O) groups is 3. The number of hydrogen-bond acceptors (Lipinski definition) is 4. The van der Waals surface area contributed by atoms with Crippen LogP contribution in [0.2, 0.25) is 0 Å². The van der Waals surface area contributed by atoms with E-state index < -0.39 is 5.41 Å². The molecule has 25 heavy (non-hydrogen) atoms. The number of hydrogen-bond donors (Lipinski definition) is 2. The van der Waals surface area contributed by atoms with Crippen LogP contribution in [0.25, 0.3) is 0 Å². The van der Waals surface area contributed by atoms with Crippen molar-refractivity contribution in [3.05, 3.63) is 12.2 Å². The predicted octanol–water partition coefficient (Wildman–Crippen LogP) is 1.10. The van der Waals surface area contributed by atoms with Gasteiger partial charge in [-0.15, -0.1) is 12.4 Å². The normalized spacial score (nSPS) is 29.8. The number of likely N-dealkylation sites (tertiary alicyclic amines) is 1. The molecule has 1 saturated carbocycles.